The number of nitrogens with one attached hydrogen (secondary N) is 1. The fraction of sp³-hybridized carbons (Fsp3) is 0.345. The van der Waals surface area contributed by atoms with Crippen LogP contribution in [0.1, 0.15) is 54.5 Å². The summed E-state index contributed by atoms with van der Waals surface area (Å²) in [5.41, 5.74) is 5.07. The molecule has 0 spiro atoms. The van der Waals surface area contributed by atoms with Crippen LogP contribution < -0.4 is 14.4 Å². The van der Waals surface area contributed by atoms with Crippen LogP contribution in [-0.4, -0.2) is 27.0 Å². The summed E-state index contributed by atoms with van der Waals surface area (Å²) in [6.45, 7) is 3.76. The van der Waals surface area contributed by atoms with E-state index in [1.807, 2.05) is 13.8 Å². The minimum atomic E-state index is -3.96. The monoisotopic (exact) mass is 538 g/mol. The largest absolute Gasteiger partial charge is 0.476 e. The van der Waals surface area contributed by atoms with E-state index in [0.29, 0.717) is 22.9 Å². The standard InChI is InChI=1S/C29H31ClN2O4S/c1-3-25(22-11-10-20-6-4-5-7-21(20)16-22)31-29(33)28-18-32(26-17-23(30)12-15-27(26)36-28)37(34,35)24-13-8-19(2)9-14-24/h8-17,25,28H,3-7,18H2,1-2H3,(H,31,33)/t25-,28+/m1/s1. The van der Waals surface area contributed by atoms with E-state index in [1.54, 1.807) is 42.5 Å². The van der Waals surface area contributed by atoms with E-state index in [2.05, 4.69) is 23.5 Å². The van der Waals surface area contributed by atoms with Crippen LogP contribution in [0.3, 0.4) is 0 Å². The van der Waals surface area contributed by atoms with Crippen molar-refractivity contribution in [3.05, 3.63) is 87.9 Å². The summed E-state index contributed by atoms with van der Waals surface area (Å²) in [5, 5.41) is 3.49. The number of nitrogens with zero attached hydrogens (tertiary/aromatic N) is 1. The second kappa shape index (κ2) is 10.4. The molecule has 0 saturated heterocycles. The van der Waals surface area contributed by atoms with E-state index >= 15 is 0 Å². The third-order valence-corrected chi connectivity index (χ3v) is 9.22. The SMILES string of the molecule is CC[C@@H](NC(=O)[C@@H]1CN(S(=O)(=O)c2ccc(C)cc2)c2cc(Cl)ccc2O1)c1ccc2c(c1)CCCC2. The normalized spacial score (nSPS) is 17.8. The van der Waals surface area contributed by atoms with Crippen molar-refractivity contribution < 1.29 is 17.9 Å². The Kier molecular flexibility index (Phi) is 7.19. The molecule has 0 radical (unpaired) electrons. The second-order valence-electron chi connectivity index (χ2n) is 9.77. The fourth-order valence-electron chi connectivity index (χ4n) is 5.08. The van der Waals surface area contributed by atoms with Gasteiger partial charge in [0.2, 0.25) is 0 Å². The van der Waals surface area contributed by atoms with Gasteiger partial charge in [-0.2, -0.15) is 0 Å². The van der Waals surface area contributed by atoms with Crippen LogP contribution in [0.2, 0.25) is 5.02 Å². The van der Waals surface area contributed by atoms with Gasteiger partial charge in [-0.05, 0) is 86.1 Å². The van der Waals surface area contributed by atoms with E-state index < -0.39 is 16.1 Å². The zero-order chi connectivity index (χ0) is 26.2. The average Bonchev–Trinajstić information content (AvgIpc) is 2.91. The van der Waals surface area contributed by atoms with Crippen LogP contribution in [0.5, 0.6) is 5.75 Å². The molecule has 194 valence electrons. The third kappa shape index (κ3) is 5.20. The minimum Gasteiger partial charge on any atom is -0.476 e. The van der Waals surface area contributed by atoms with Gasteiger partial charge >= 0.3 is 0 Å². The molecule has 3 aromatic carbocycles. The Bertz CT molecular complexity index is 1420. The molecule has 5 rings (SSSR count). The highest BCUT2D eigenvalue weighted by Gasteiger charge is 2.38. The van der Waals surface area contributed by atoms with Gasteiger partial charge in [0, 0.05) is 5.02 Å². The van der Waals surface area contributed by atoms with Gasteiger partial charge in [0.15, 0.2) is 6.10 Å². The first-order chi connectivity index (χ1) is 17.8. The predicted octanol–water partition coefficient (Wildman–Crippen LogP) is 5.75. The number of aryl methyl sites for hydroxylation is 3. The Balaban J connectivity index is 1.42. The summed E-state index contributed by atoms with van der Waals surface area (Å²) in [5.74, 6) is -0.0532. The number of benzene rings is 3. The molecule has 1 amide bonds. The molecule has 0 fully saturated rings. The highest BCUT2D eigenvalue weighted by molar-refractivity contribution is 7.92. The van der Waals surface area contributed by atoms with Crippen LogP contribution in [0.25, 0.3) is 0 Å². The molecule has 1 aliphatic carbocycles. The van der Waals surface area contributed by atoms with Crippen LogP contribution in [0.4, 0.5) is 5.69 Å². The number of anilines is 1. The van der Waals surface area contributed by atoms with Crippen LogP contribution >= 0.6 is 11.6 Å². The number of ether oxygens (including phenoxy) is 1. The van der Waals surface area contributed by atoms with Gasteiger partial charge in [0.05, 0.1) is 23.2 Å². The van der Waals surface area contributed by atoms with Crippen LogP contribution in [-0.2, 0) is 27.7 Å². The predicted molar refractivity (Wildman–Crippen MR) is 146 cm³/mol. The minimum absolute atomic E-state index is 0.144. The lowest BCUT2D eigenvalue weighted by Crippen LogP contribution is -2.51. The second-order valence-corrected chi connectivity index (χ2v) is 12.1. The lowest BCUT2D eigenvalue weighted by Gasteiger charge is -2.35. The molecule has 6 nitrogen and oxygen atoms in total. The molecule has 2 atom stereocenters. The van der Waals surface area contributed by atoms with Gasteiger partial charge in [-0.25, -0.2) is 8.42 Å². The quantitative estimate of drug-likeness (QED) is 0.433. The van der Waals surface area contributed by atoms with Gasteiger partial charge < -0.3 is 10.1 Å². The smallest absolute Gasteiger partial charge is 0.264 e. The van der Waals surface area contributed by atoms with E-state index in [9.17, 15) is 13.2 Å². The van der Waals surface area contributed by atoms with E-state index in [4.69, 9.17) is 16.3 Å². The zero-order valence-electron chi connectivity index (χ0n) is 21.0. The molecule has 2 aliphatic rings. The molecule has 0 unspecified atom stereocenters. The Morgan fingerprint density at radius 3 is 2.51 bits per heavy atom. The molecular formula is C29H31ClN2O4S. The van der Waals surface area contributed by atoms with Crippen molar-refractivity contribution in [3.8, 4) is 5.75 Å². The zero-order valence-corrected chi connectivity index (χ0v) is 22.6. The lowest BCUT2D eigenvalue weighted by atomic mass is 9.88. The molecule has 3 aromatic rings. The summed E-state index contributed by atoms with van der Waals surface area (Å²) in [4.78, 5) is 13.6. The molecule has 8 heteroatoms. The lowest BCUT2D eigenvalue weighted by molar-refractivity contribution is -0.128. The first-order valence-corrected chi connectivity index (χ1v) is 14.6. The Morgan fingerprint density at radius 1 is 1.05 bits per heavy atom. The molecule has 1 N–H and O–H groups in total. The Morgan fingerprint density at radius 2 is 1.78 bits per heavy atom. The number of hydrogen-bond acceptors (Lipinski definition) is 4. The number of carbonyl (C=O) groups is 1. The number of amides is 1. The molecule has 0 saturated carbocycles. The number of sulfonamides is 1. The van der Waals surface area contributed by atoms with Crippen molar-refractivity contribution in [1.29, 1.82) is 0 Å². The van der Waals surface area contributed by atoms with Crippen molar-refractivity contribution in [2.45, 2.75) is 63.0 Å². The molecule has 1 aliphatic heterocycles. The van der Waals surface area contributed by atoms with Gasteiger partial charge in [-0.1, -0.05) is 54.4 Å². The van der Waals surface area contributed by atoms with Gasteiger partial charge in [-0.3, -0.25) is 9.10 Å². The van der Waals surface area contributed by atoms with Crippen molar-refractivity contribution >= 4 is 33.2 Å². The number of halogens is 1. The molecular weight excluding hydrogens is 508 g/mol. The summed E-state index contributed by atoms with van der Waals surface area (Å²) < 4.78 is 34.6. The maximum Gasteiger partial charge on any atom is 0.264 e. The van der Waals surface area contributed by atoms with Crippen LogP contribution in [0.15, 0.2) is 65.6 Å². The van der Waals surface area contributed by atoms with E-state index in [0.717, 1.165) is 24.0 Å². The van der Waals surface area contributed by atoms with Gasteiger partial charge in [0.25, 0.3) is 15.9 Å². The Hall–Kier alpha value is -3.03. The van der Waals surface area contributed by atoms with E-state index in [1.165, 1.54) is 28.3 Å². The molecule has 1 heterocycles. The molecule has 0 aromatic heterocycles. The average molecular weight is 539 g/mol. The highest BCUT2D eigenvalue weighted by atomic mass is 35.5. The van der Waals surface area contributed by atoms with E-state index in [-0.39, 0.29) is 23.4 Å². The first-order valence-electron chi connectivity index (χ1n) is 12.7. The summed E-state index contributed by atoms with van der Waals surface area (Å²) in [7, 11) is -3.96. The van der Waals surface area contributed by atoms with Gasteiger partial charge in [0.1, 0.15) is 5.75 Å². The Labute approximate surface area is 223 Å². The third-order valence-electron chi connectivity index (χ3n) is 7.19. The topological polar surface area (TPSA) is 75.7 Å². The molecule has 0 bridgehead atoms. The van der Waals surface area contributed by atoms with Crippen molar-refractivity contribution in [2.24, 2.45) is 0 Å². The first kappa shape index (κ1) is 25.6. The van der Waals surface area contributed by atoms with Gasteiger partial charge in [-0.15, -0.1) is 0 Å². The number of hydrogen-bond donors (Lipinski definition) is 1. The number of carbonyl (C=O) groups excluding carboxylic acids is 1. The molecule has 37 heavy (non-hydrogen) atoms. The maximum absolute atomic E-state index is 13.7. The number of rotatable bonds is 6. The highest BCUT2D eigenvalue weighted by Crippen LogP contribution is 2.39. The van der Waals surface area contributed by atoms with Crippen molar-refractivity contribution in [1.82, 2.24) is 5.32 Å². The maximum atomic E-state index is 13.7. The van der Waals surface area contributed by atoms with Crippen molar-refractivity contribution in [2.75, 3.05) is 10.8 Å². The van der Waals surface area contributed by atoms with Crippen LogP contribution in [0, 0.1) is 6.92 Å². The summed E-state index contributed by atoms with van der Waals surface area (Å²) in [6.07, 6.45) is 4.25. The summed E-state index contributed by atoms with van der Waals surface area (Å²) >= 11 is 6.21. The van der Waals surface area contributed by atoms with Crippen molar-refractivity contribution in [3.63, 3.8) is 0 Å². The number of fused-ring (bicyclic) bond motifs is 2. The summed E-state index contributed by atoms with van der Waals surface area (Å²) in [6, 6.07) is 17.7. The fourth-order valence-corrected chi connectivity index (χ4v) is 6.72.